The highest BCUT2D eigenvalue weighted by Gasteiger charge is 2.25. The van der Waals surface area contributed by atoms with Gasteiger partial charge in [-0.1, -0.05) is 0 Å². The highest BCUT2D eigenvalue weighted by molar-refractivity contribution is 5.99. The van der Waals surface area contributed by atoms with E-state index in [4.69, 9.17) is 5.41 Å². The smallest absolute Gasteiger partial charge is 0.180 e. The Hall–Kier alpha value is -3.03. The second-order valence-electron chi connectivity index (χ2n) is 5.63. The summed E-state index contributed by atoms with van der Waals surface area (Å²) in [5.41, 5.74) is 4.73. The highest BCUT2D eigenvalue weighted by atomic mass is 16.1. The lowest BCUT2D eigenvalue weighted by Crippen LogP contribution is -2.36. The number of Topliss-reactive ketones (excluding diaryl/α,β-unsaturated/α-hetero) is 1. The van der Waals surface area contributed by atoms with E-state index in [0.717, 1.165) is 27.9 Å². The van der Waals surface area contributed by atoms with E-state index in [1.165, 1.54) is 6.92 Å². The van der Waals surface area contributed by atoms with Gasteiger partial charge in [0, 0.05) is 24.6 Å². The molecule has 0 aliphatic carbocycles. The van der Waals surface area contributed by atoms with Gasteiger partial charge < -0.3 is 4.90 Å². The number of nitrogens with one attached hydrogen (secondary N) is 3. The van der Waals surface area contributed by atoms with Crippen LogP contribution in [0.25, 0.3) is 11.0 Å². The van der Waals surface area contributed by atoms with Crippen molar-refractivity contribution < 1.29 is 4.79 Å². The fraction of sp³-hybridized carbons (Fsp3) is 0.267. The van der Waals surface area contributed by atoms with Crippen molar-refractivity contribution in [3.8, 4) is 0 Å². The van der Waals surface area contributed by atoms with E-state index < -0.39 is 0 Å². The van der Waals surface area contributed by atoms with Crippen LogP contribution in [0.4, 0.5) is 0 Å². The second-order valence-corrected chi connectivity index (χ2v) is 5.63. The number of hydrogen-bond donors (Lipinski definition) is 3. The molecule has 3 aromatic rings. The molecule has 3 heterocycles. The van der Waals surface area contributed by atoms with Crippen LogP contribution in [0, 0.1) is 5.41 Å². The quantitative estimate of drug-likeness (QED) is 0.374. The maximum absolute atomic E-state index is 11.6. The molecule has 0 saturated heterocycles. The van der Waals surface area contributed by atoms with Gasteiger partial charge in [-0.25, -0.2) is 0 Å². The van der Waals surface area contributed by atoms with Crippen molar-refractivity contribution in [2.45, 2.75) is 19.9 Å². The van der Waals surface area contributed by atoms with Gasteiger partial charge >= 0.3 is 0 Å². The molecule has 1 aliphatic rings. The number of carbonyl (C=O) groups excluding carboxylic acids is 1. The molecule has 0 unspecified atom stereocenters. The number of aromatic amines is 2. The first kappa shape index (κ1) is 13.6. The summed E-state index contributed by atoms with van der Waals surface area (Å²) in [6, 6.07) is 5.57. The number of carbonyl (C=O) groups is 1. The molecule has 4 rings (SSSR count). The third kappa shape index (κ3) is 2.19. The van der Waals surface area contributed by atoms with Gasteiger partial charge in [-0.3, -0.25) is 15.3 Å². The van der Waals surface area contributed by atoms with E-state index in [0.29, 0.717) is 31.0 Å². The molecular weight excluding hydrogens is 294 g/mol. The van der Waals surface area contributed by atoms with Crippen LogP contribution in [0.2, 0.25) is 0 Å². The Labute approximate surface area is 131 Å². The van der Waals surface area contributed by atoms with Crippen molar-refractivity contribution in [3.05, 3.63) is 40.7 Å². The van der Waals surface area contributed by atoms with E-state index in [2.05, 4.69) is 25.6 Å². The summed E-state index contributed by atoms with van der Waals surface area (Å²) in [6.07, 6.45) is 0.704. The molecule has 1 aliphatic heterocycles. The van der Waals surface area contributed by atoms with Crippen LogP contribution in [0.15, 0.2) is 18.2 Å². The number of hydrogen-bond acceptors (Lipinski definition) is 5. The van der Waals surface area contributed by atoms with Crippen LogP contribution in [0.5, 0.6) is 0 Å². The second kappa shape index (κ2) is 5.01. The van der Waals surface area contributed by atoms with Crippen LogP contribution >= 0.6 is 0 Å². The molecule has 0 atom stereocenters. The van der Waals surface area contributed by atoms with Gasteiger partial charge in [0.15, 0.2) is 5.78 Å². The molecule has 0 radical (unpaired) electrons. The molecule has 8 nitrogen and oxygen atoms in total. The lowest BCUT2D eigenvalue weighted by atomic mass is 10.0. The Morgan fingerprint density at radius 3 is 2.91 bits per heavy atom. The lowest BCUT2D eigenvalue weighted by molar-refractivity contribution is 0.101. The molecule has 0 saturated carbocycles. The van der Waals surface area contributed by atoms with Crippen LogP contribution < -0.4 is 0 Å². The molecule has 0 fully saturated rings. The van der Waals surface area contributed by atoms with Crippen molar-refractivity contribution in [3.63, 3.8) is 0 Å². The van der Waals surface area contributed by atoms with Crippen molar-refractivity contribution in [2.75, 3.05) is 6.54 Å². The first-order valence-corrected chi connectivity index (χ1v) is 7.35. The number of nitrogens with zero attached hydrogens (tertiary/aromatic N) is 4. The van der Waals surface area contributed by atoms with Crippen molar-refractivity contribution in [2.24, 2.45) is 0 Å². The predicted octanol–water partition coefficient (Wildman–Crippen LogP) is 1.27. The third-order valence-corrected chi connectivity index (χ3v) is 4.17. The SMILES string of the molecule is CC(=O)c1n[nH]c2c1CCN(C(=N)c1ccc3n[nH]nc3c1)C2. The number of ketones is 1. The molecule has 3 N–H and O–H groups in total. The summed E-state index contributed by atoms with van der Waals surface area (Å²) in [4.78, 5) is 13.5. The number of H-pyrrole nitrogens is 2. The van der Waals surface area contributed by atoms with E-state index >= 15 is 0 Å². The molecule has 8 heteroatoms. The van der Waals surface area contributed by atoms with Gasteiger partial charge in [0.05, 0.1) is 12.2 Å². The Morgan fingerprint density at radius 1 is 1.26 bits per heavy atom. The Bertz CT molecular complexity index is 923. The van der Waals surface area contributed by atoms with Gasteiger partial charge in [-0.15, -0.1) is 0 Å². The summed E-state index contributed by atoms with van der Waals surface area (Å²) in [5, 5.41) is 26.1. The zero-order chi connectivity index (χ0) is 16.0. The predicted molar refractivity (Wildman–Crippen MR) is 83.4 cm³/mol. The minimum absolute atomic E-state index is 0.0255. The van der Waals surface area contributed by atoms with E-state index in [9.17, 15) is 4.79 Å². The first-order chi connectivity index (χ1) is 11.1. The fourth-order valence-electron chi connectivity index (χ4n) is 2.97. The number of benzene rings is 1. The normalized spacial score (nSPS) is 14.0. The molecule has 2 aromatic heterocycles. The standard InChI is InChI=1S/C15H15N7O/c1-8(23)14-10-4-5-22(7-13(10)17-20-14)15(16)9-2-3-11-12(6-9)19-21-18-11/h2-3,6,16H,4-5,7H2,1H3,(H,17,20)(H,18,19,21). The summed E-state index contributed by atoms with van der Waals surface area (Å²) < 4.78 is 0. The van der Waals surface area contributed by atoms with Gasteiger partial charge in [0.1, 0.15) is 22.6 Å². The molecule has 0 spiro atoms. The number of rotatable bonds is 2. The summed E-state index contributed by atoms with van der Waals surface area (Å²) >= 11 is 0. The zero-order valence-corrected chi connectivity index (χ0v) is 12.6. The summed E-state index contributed by atoms with van der Waals surface area (Å²) in [5.74, 6) is 0.405. The van der Waals surface area contributed by atoms with Crippen LogP contribution in [-0.4, -0.2) is 48.7 Å². The number of fused-ring (bicyclic) bond motifs is 2. The minimum Gasteiger partial charge on any atom is -0.350 e. The third-order valence-electron chi connectivity index (χ3n) is 4.17. The average Bonchev–Trinajstić information content (AvgIpc) is 3.19. The largest absolute Gasteiger partial charge is 0.350 e. The van der Waals surface area contributed by atoms with E-state index in [-0.39, 0.29) is 5.78 Å². The van der Waals surface area contributed by atoms with Crippen LogP contribution in [0.1, 0.15) is 34.2 Å². The van der Waals surface area contributed by atoms with E-state index in [1.807, 2.05) is 23.1 Å². The van der Waals surface area contributed by atoms with Crippen molar-refractivity contribution in [1.82, 2.24) is 30.5 Å². The summed E-state index contributed by atoms with van der Waals surface area (Å²) in [6.45, 7) is 2.76. The van der Waals surface area contributed by atoms with Crippen LogP contribution in [0.3, 0.4) is 0 Å². The Kier molecular flexibility index (Phi) is 2.97. The van der Waals surface area contributed by atoms with Crippen molar-refractivity contribution >= 4 is 22.7 Å². The lowest BCUT2D eigenvalue weighted by Gasteiger charge is -2.29. The Morgan fingerprint density at radius 2 is 2.09 bits per heavy atom. The average molecular weight is 309 g/mol. The topological polar surface area (TPSA) is 114 Å². The van der Waals surface area contributed by atoms with Gasteiger partial charge in [-0.2, -0.15) is 20.5 Å². The summed E-state index contributed by atoms with van der Waals surface area (Å²) in [7, 11) is 0. The molecule has 0 bridgehead atoms. The highest BCUT2D eigenvalue weighted by Crippen LogP contribution is 2.22. The molecule has 23 heavy (non-hydrogen) atoms. The fourth-order valence-corrected chi connectivity index (χ4v) is 2.97. The zero-order valence-electron chi connectivity index (χ0n) is 12.6. The van der Waals surface area contributed by atoms with Gasteiger partial charge in [0.2, 0.25) is 0 Å². The maximum atomic E-state index is 11.6. The minimum atomic E-state index is -0.0255. The van der Waals surface area contributed by atoms with Crippen molar-refractivity contribution in [1.29, 1.82) is 5.41 Å². The number of aromatic nitrogens is 5. The Balaban J connectivity index is 1.61. The van der Waals surface area contributed by atoms with Crippen LogP contribution in [-0.2, 0) is 13.0 Å². The van der Waals surface area contributed by atoms with Gasteiger partial charge in [-0.05, 0) is 24.6 Å². The molecule has 1 aromatic carbocycles. The molecule has 116 valence electrons. The first-order valence-electron chi connectivity index (χ1n) is 7.35. The molecule has 0 amide bonds. The van der Waals surface area contributed by atoms with E-state index in [1.54, 1.807) is 0 Å². The molecular formula is C15H15N7O. The maximum Gasteiger partial charge on any atom is 0.180 e. The monoisotopic (exact) mass is 309 g/mol. The van der Waals surface area contributed by atoms with Gasteiger partial charge in [0.25, 0.3) is 0 Å². The number of amidine groups is 1.